The second kappa shape index (κ2) is 8.22. The van der Waals surface area contributed by atoms with Gasteiger partial charge in [0.2, 0.25) is 0 Å². The molecule has 0 radical (unpaired) electrons. The number of amides is 1. The molecule has 1 aliphatic rings. The Morgan fingerprint density at radius 3 is 2.17 bits per heavy atom. The molecule has 1 aliphatic heterocycles. The Balaban J connectivity index is 2.13. The first-order chi connectivity index (χ1) is 13.9. The van der Waals surface area contributed by atoms with E-state index in [0.29, 0.717) is 22.9 Å². The van der Waals surface area contributed by atoms with Gasteiger partial charge in [0, 0.05) is 11.8 Å². The van der Waals surface area contributed by atoms with Crippen LogP contribution in [0.5, 0.6) is 11.5 Å². The van der Waals surface area contributed by atoms with Crippen LogP contribution in [0.1, 0.15) is 18.1 Å². The molecule has 3 rings (SSSR count). The number of ether oxygens (including phenoxy) is 3. The number of carbonyl (C=O) groups is 2. The molecule has 2 aromatic carbocycles. The fraction of sp³-hybridized carbons (Fsp3) is 0.217. The molecule has 0 N–H and O–H groups in total. The minimum Gasteiger partial charge on any atom is -0.493 e. The highest BCUT2D eigenvalue weighted by molar-refractivity contribution is 6.23. The topological polar surface area (TPSA) is 65.1 Å². The van der Waals surface area contributed by atoms with Crippen molar-refractivity contribution in [3.8, 4) is 11.5 Å². The van der Waals surface area contributed by atoms with Crippen LogP contribution in [0.15, 0.2) is 59.3 Å². The lowest BCUT2D eigenvalue weighted by Crippen LogP contribution is -2.24. The van der Waals surface area contributed by atoms with E-state index in [1.807, 2.05) is 31.2 Å². The van der Waals surface area contributed by atoms with Crippen LogP contribution in [0.25, 0.3) is 6.08 Å². The van der Waals surface area contributed by atoms with Gasteiger partial charge < -0.3 is 14.2 Å². The van der Waals surface area contributed by atoms with Crippen molar-refractivity contribution in [1.29, 1.82) is 0 Å². The van der Waals surface area contributed by atoms with Gasteiger partial charge in [0.1, 0.15) is 0 Å². The molecular formula is C23H23NO5. The minimum atomic E-state index is -0.558. The summed E-state index contributed by atoms with van der Waals surface area (Å²) < 4.78 is 15.6. The molecule has 0 aliphatic carbocycles. The first kappa shape index (κ1) is 20.2. The maximum Gasteiger partial charge on any atom is 0.340 e. The average Bonchev–Trinajstić information content (AvgIpc) is 2.98. The van der Waals surface area contributed by atoms with Crippen LogP contribution in [-0.2, 0) is 14.3 Å². The molecule has 0 bridgehead atoms. The maximum absolute atomic E-state index is 13.3. The standard InChI is InChI=1S/C23H23NO5/c1-14-6-8-16(9-7-14)12-18-21(23(26)29-5)15(2)24(22(18)25)17-10-11-19(27-3)20(13-17)28-4/h6-13H,1-5H3/b18-12-. The third kappa shape index (κ3) is 3.74. The van der Waals surface area contributed by atoms with Crippen molar-refractivity contribution in [3.05, 3.63) is 70.4 Å². The minimum absolute atomic E-state index is 0.243. The monoisotopic (exact) mass is 393 g/mol. The Labute approximate surface area is 170 Å². The van der Waals surface area contributed by atoms with E-state index < -0.39 is 5.97 Å². The van der Waals surface area contributed by atoms with Crippen LogP contribution in [-0.4, -0.2) is 33.2 Å². The van der Waals surface area contributed by atoms with Gasteiger partial charge in [-0.2, -0.15) is 0 Å². The van der Waals surface area contributed by atoms with E-state index >= 15 is 0 Å². The summed E-state index contributed by atoms with van der Waals surface area (Å²) in [7, 11) is 4.37. The summed E-state index contributed by atoms with van der Waals surface area (Å²) >= 11 is 0. The summed E-state index contributed by atoms with van der Waals surface area (Å²) in [5.74, 6) is 0.169. The Bertz CT molecular complexity index is 1020. The predicted octanol–water partition coefficient (Wildman–Crippen LogP) is 3.89. The molecule has 29 heavy (non-hydrogen) atoms. The summed E-state index contributed by atoms with van der Waals surface area (Å²) in [6, 6.07) is 12.9. The van der Waals surface area contributed by atoms with Gasteiger partial charge in [-0.25, -0.2) is 4.79 Å². The van der Waals surface area contributed by atoms with Crippen molar-refractivity contribution >= 4 is 23.6 Å². The third-order valence-corrected chi connectivity index (χ3v) is 4.80. The molecule has 0 atom stereocenters. The molecule has 6 heteroatoms. The normalized spacial score (nSPS) is 15.1. The predicted molar refractivity (Wildman–Crippen MR) is 111 cm³/mol. The first-order valence-electron chi connectivity index (χ1n) is 9.05. The highest BCUT2D eigenvalue weighted by Gasteiger charge is 2.38. The first-order valence-corrected chi connectivity index (χ1v) is 9.05. The number of rotatable bonds is 5. The number of aryl methyl sites for hydroxylation is 1. The number of anilines is 1. The molecular weight excluding hydrogens is 370 g/mol. The summed E-state index contributed by atoms with van der Waals surface area (Å²) in [6.07, 6.45) is 1.71. The second-order valence-corrected chi connectivity index (χ2v) is 6.60. The summed E-state index contributed by atoms with van der Waals surface area (Å²) in [5.41, 5.74) is 3.52. The van der Waals surface area contributed by atoms with Gasteiger partial charge in [-0.05, 0) is 37.6 Å². The number of benzene rings is 2. The number of allylic oxidation sites excluding steroid dienone is 1. The molecule has 0 spiro atoms. The van der Waals surface area contributed by atoms with E-state index in [4.69, 9.17) is 14.2 Å². The number of nitrogens with zero attached hydrogens (tertiary/aromatic N) is 1. The highest BCUT2D eigenvalue weighted by Crippen LogP contribution is 2.39. The second-order valence-electron chi connectivity index (χ2n) is 6.60. The molecule has 150 valence electrons. The maximum atomic E-state index is 13.3. The van der Waals surface area contributed by atoms with Gasteiger partial charge in [-0.1, -0.05) is 29.8 Å². The van der Waals surface area contributed by atoms with Crippen LogP contribution in [0, 0.1) is 6.92 Å². The van der Waals surface area contributed by atoms with Gasteiger partial charge in [-0.3, -0.25) is 9.69 Å². The van der Waals surface area contributed by atoms with Crippen LogP contribution < -0.4 is 14.4 Å². The Kier molecular flexibility index (Phi) is 5.73. The van der Waals surface area contributed by atoms with Crippen LogP contribution in [0.3, 0.4) is 0 Å². The van der Waals surface area contributed by atoms with Gasteiger partial charge in [0.25, 0.3) is 5.91 Å². The molecule has 6 nitrogen and oxygen atoms in total. The van der Waals surface area contributed by atoms with Crippen LogP contribution in [0.4, 0.5) is 5.69 Å². The van der Waals surface area contributed by atoms with E-state index in [2.05, 4.69) is 0 Å². The lowest BCUT2D eigenvalue weighted by molar-refractivity contribution is -0.136. The molecule has 1 amide bonds. The fourth-order valence-corrected chi connectivity index (χ4v) is 3.28. The van der Waals surface area contributed by atoms with Crippen molar-refractivity contribution < 1.29 is 23.8 Å². The number of hydrogen-bond acceptors (Lipinski definition) is 5. The quantitative estimate of drug-likeness (QED) is 0.570. The van der Waals surface area contributed by atoms with E-state index in [1.54, 1.807) is 38.3 Å². The lowest BCUT2D eigenvalue weighted by atomic mass is 10.0. The van der Waals surface area contributed by atoms with Crippen molar-refractivity contribution in [2.75, 3.05) is 26.2 Å². The fourth-order valence-electron chi connectivity index (χ4n) is 3.28. The summed E-state index contributed by atoms with van der Waals surface area (Å²) in [4.78, 5) is 27.3. The van der Waals surface area contributed by atoms with E-state index in [9.17, 15) is 9.59 Å². The summed E-state index contributed by atoms with van der Waals surface area (Å²) in [6.45, 7) is 3.71. The Hall–Kier alpha value is -3.54. The Morgan fingerprint density at radius 2 is 1.59 bits per heavy atom. The smallest absolute Gasteiger partial charge is 0.340 e. The van der Waals surface area contributed by atoms with Crippen LogP contribution in [0.2, 0.25) is 0 Å². The lowest BCUT2D eigenvalue weighted by Gasteiger charge is -2.19. The highest BCUT2D eigenvalue weighted by atomic mass is 16.5. The van der Waals surface area contributed by atoms with E-state index in [-0.39, 0.29) is 17.1 Å². The number of methoxy groups -OCH3 is 3. The summed E-state index contributed by atoms with van der Waals surface area (Å²) in [5, 5.41) is 0. The van der Waals surface area contributed by atoms with Crippen molar-refractivity contribution in [1.82, 2.24) is 0 Å². The SMILES string of the molecule is COC(=O)C1=C(C)N(c2ccc(OC)c(OC)c2)C(=O)/C1=C\c1ccc(C)cc1. The van der Waals surface area contributed by atoms with Gasteiger partial charge in [0.05, 0.1) is 38.2 Å². The molecule has 0 aromatic heterocycles. The largest absolute Gasteiger partial charge is 0.493 e. The zero-order chi connectivity index (χ0) is 21.1. The molecule has 0 saturated heterocycles. The van der Waals surface area contributed by atoms with Crippen LogP contribution >= 0.6 is 0 Å². The molecule has 1 heterocycles. The molecule has 0 fully saturated rings. The zero-order valence-electron chi connectivity index (χ0n) is 17.1. The number of esters is 1. The number of carbonyl (C=O) groups excluding carboxylic acids is 2. The molecule has 0 saturated carbocycles. The number of hydrogen-bond donors (Lipinski definition) is 0. The van der Waals surface area contributed by atoms with Gasteiger partial charge >= 0.3 is 5.97 Å². The van der Waals surface area contributed by atoms with E-state index in [0.717, 1.165) is 11.1 Å². The van der Waals surface area contributed by atoms with Crippen molar-refractivity contribution in [3.63, 3.8) is 0 Å². The van der Waals surface area contributed by atoms with Crippen molar-refractivity contribution in [2.24, 2.45) is 0 Å². The van der Waals surface area contributed by atoms with Crippen molar-refractivity contribution in [2.45, 2.75) is 13.8 Å². The molecule has 2 aromatic rings. The molecule has 0 unspecified atom stereocenters. The van der Waals surface area contributed by atoms with Gasteiger partial charge in [-0.15, -0.1) is 0 Å². The third-order valence-electron chi connectivity index (χ3n) is 4.80. The van der Waals surface area contributed by atoms with Gasteiger partial charge in [0.15, 0.2) is 11.5 Å². The Morgan fingerprint density at radius 1 is 0.931 bits per heavy atom. The van der Waals surface area contributed by atoms with E-state index in [1.165, 1.54) is 19.1 Å². The zero-order valence-corrected chi connectivity index (χ0v) is 17.1. The average molecular weight is 393 g/mol.